The Morgan fingerprint density at radius 2 is 1.88 bits per heavy atom. The van der Waals surface area contributed by atoms with Crippen molar-refractivity contribution in [2.24, 2.45) is 7.05 Å². The fourth-order valence-corrected chi connectivity index (χ4v) is 4.53. The Hall–Kier alpha value is -3.57. The van der Waals surface area contributed by atoms with Gasteiger partial charge >= 0.3 is 0 Å². The van der Waals surface area contributed by atoms with Crippen LogP contribution in [0.1, 0.15) is 12.5 Å². The maximum Gasteiger partial charge on any atom is 0.236 e. The number of halogens is 1. The van der Waals surface area contributed by atoms with E-state index in [9.17, 15) is 14.0 Å². The van der Waals surface area contributed by atoms with E-state index >= 15 is 0 Å². The molecule has 0 aliphatic heterocycles. The van der Waals surface area contributed by atoms with Crippen LogP contribution in [0.5, 0.6) is 0 Å². The monoisotopic (exact) mass is 496 g/mol. The Bertz CT molecular complexity index is 1320. The minimum Gasteiger partial charge on any atom is -0.352 e. The van der Waals surface area contributed by atoms with Gasteiger partial charge in [-0.3, -0.25) is 9.59 Å². The van der Waals surface area contributed by atoms with Crippen molar-refractivity contribution in [2.75, 3.05) is 11.1 Å². The molecule has 0 aliphatic rings. The predicted molar refractivity (Wildman–Crippen MR) is 131 cm³/mol. The van der Waals surface area contributed by atoms with Gasteiger partial charge in [0.25, 0.3) is 0 Å². The summed E-state index contributed by atoms with van der Waals surface area (Å²) in [6, 6.07) is 14.1. The van der Waals surface area contributed by atoms with E-state index in [4.69, 9.17) is 0 Å². The maximum absolute atomic E-state index is 14.1. The predicted octanol–water partition coefficient (Wildman–Crippen LogP) is 4.11. The van der Waals surface area contributed by atoms with Crippen LogP contribution in [0.2, 0.25) is 0 Å². The Labute approximate surface area is 203 Å². The minimum atomic E-state index is -0.380. The molecule has 4 aromatic rings. The molecule has 2 aromatic heterocycles. The standard InChI is InChI=1S/C23H21FN6O2S2/c1-14(31)25-11-15-7-9-16(10-8-15)19-12-33-22(26-19)27-20(32)13-34-23-29-28-21(30(23)2)17-5-3-4-6-18(17)24/h3-10,12H,11,13H2,1-2H3,(H,25,31)(H,26,27,32). The maximum atomic E-state index is 14.1. The molecule has 2 heterocycles. The van der Waals surface area contributed by atoms with E-state index in [2.05, 4.69) is 25.8 Å². The molecule has 2 N–H and O–H groups in total. The SMILES string of the molecule is CC(=O)NCc1ccc(-c2csc(NC(=O)CSc3nnc(-c4ccccc4F)n3C)n2)cc1. The van der Waals surface area contributed by atoms with E-state index in [-0.39, 0.29) is 23.4 Å². The molecule has 0 unspecified atom stereocenters. The number of rotatable bonds is 8. The molecular weight excluding hydrogens is 475 g/mol. The summed E-state index contributed by atoms with van der Waals surface area (Å²) in [4.78, 5) is 27.9. The topological polar surface area (TPSA) is 102 Å². The number of nitrogens with zero attached hydrogens (tertiary/aromatic N) is 4. The third kappa shape index (κ3) is 5.67. The fraction of sp³-hybridized carbons (Fsp3) is 0.174. The van der Waals surface area contributed by atoms with Crippen LogP contribution in [0.4, 0.5) is 9.52 Å². The number of hydrogen-bond donors (Lipinski definition) is 2. The third-order valence-electron chi connectivity index (χ3n) is 4.82. The number of thiazole rings is 1. The van der Waals surface area contributed by atoms with Gasteiger partial charge in [-0.05, 0) is 17.7 Å². The summed E-state index contributed by atoms with van der Waals surface area (Å²) in [5.74, 6) is -0.183. The molecular formula is C23H21FN6O2S2. The van der Waals surface area contributed by atoms with Crippen molar-refractivity contribution in [3.8, 4) is 22.6 Å². The van der Waals surface area contributed by atoms with Crippen molar-refractivity contribution in [1.29, 1.82) is 0 Å². The highest BCUT2D eigenvalue weighted by molar-refractivity contribution is 7.99. The lowest BCUT2D eigenvalue weighted by Crippen LogP contribution is -2.18. The van der Waals surface area contributed by atoms with Gasteiger partial charge in [0, 0.05) is 31.5 Å². The normalized spacial score (nSPS) is 10.8. The minimum absolute atomic E-state index is 0.0770. The van der Waals surface area contributed by atoms with Gasteiger partial charge in [0.05, 0.1) is 17.0 Å². The van der Waals surface area contributed by atoms with Crippen LogP contribution in [0.15, 0.2) is 59.1 Å². The van der Waals surface area contributed by atoms with Gasteiger partial charge in [-0.25, -0.2) is 9.37 Å². The van der Waals surface area contributed by atoms with E-state index < -0.39 is 0 Å². The molecule has 11 heteroatoms. The van der Waals surface area contributed by atoms with Crippen LogP contribution >= 0.6 is 23.1 Å². The first kappa shape index (κ1) is 23.6. The second kappa shape index (κ2) is 10.6. The molecule has 8 nitrogen and oxygen atoms in total. The molecule has 2 aromatic carbocycles. The van der Waals surface area contributed by atoms with Crippen molar-refractivity contribution in [2.45, 2.75) is 18.6 Å². The average molecular weight is 497 g/mol. The molecule has 0 bridgehead atoms. The van der Waals surface area contributed by atoms with Crippen LogP contribution in [-0.2, 0) is 23.2 Å². The van der Waals surface area contributed by atoms with Gasteiger partial charge in [-0.1, -0.05) is 48.2 Å². The third-order valence-corrected chi connectivity index (χ3v) is 6.60. The fourth-order valence-electron chi connectivity index (χ4n) is 3.09. The molecule has 34 heavy (non-hydrogen) atoms. The van der Waals surface area contributed by atoms with Crippen molar-refractivity contribution in [3.05, 3.63) is 65.3 Å². The highest BCUT2D eigenvalue weighted by Gasteiger charge is 2.16. The number of carbonyl (C=O) groups excluding carboxylic acids is 2. The number of carbonyl (C=O) groups is 2. The first-order valence-corrected chi connectivity index (χ1v) is 12.1. The number of anilines is 1. The second-order valence-corrected chi connectivity index (χ2v) is 9.13. The van der Waals surface area contributed by atoms with E-state index in [0.29, 0.717) is 28.2 Å². The number of hydrogen-bond acceptors (Lipinski definition) is 7. The largest absolute Gasteiger partial charge is 0.352 e. The second-order valence-electron chi connectivity index (χ2n) is 7.33. The molecule has 0 spiro atoms. The molecule has 0 radical (unpaired) electrons. The summed E-state index contributed by atoms with van der Waals surface area (Å²) in [7, 11) is 1.73. The zero-order valence-electron chi connectivity index (χ0n) is 18.4. The highest BCUT2D eigenvalue weighted by Crippen LogP contribution is 2.27. The molecule has 0 fully saturated rings. The van der Waals surface area contributed by atoms with Crippen LogP contribution < -0.4 is 10.6 Å². The van der Waals surface area contributed by atoms with Gasteiger partial charge in [-0.2, -0.15) is 0 Å². The van der Waals surface area contributed by atoms with Crippen LogP contribution in [0, 0.1) is 5.82 Å². The Kier molecular flexibility index (Phi) is 7.33. The quantitative estimate of drug-likeness (QED) is 0.356. The van der Waals surface area contributed by atoms with Crippen molar-refractivity contribution in [3.63, 3.8) is 0 Å². The molecule has 0 aliphatic carbocycles. The van der Waals surface area contributed by atoms with Gasteiger partial charge in [-0.15, -0.1) is 21.5 Å². The molecule has 2 amide bonds. The number of benzene rings is 2. The molecule has 0 saturated heterocycles. The summed E-state index contributed by atoms with van der Waals surface area (Å²) in [6.07, 6.45) is 0. The lowest BCUT2D eigenvalue weighted by Gasteiger charge is -2.05. The summed E-state index contributed by atoms with van der Waals surface area (Å²) >= 11 is 2.54. The van der Waals surface area contributed by atoms with Gasteiger partial charge in [0.2, 0.25) is 11.8 Å². The zero-order chi connectivity index (χ0) is 24.1. The Morgan fingerprint density at radius 3 is 2.62 bits per heavy atom. The van der Waals surface area contributed by atoms with Crippen LogP contribution in [0.25, 0.3) is 22.6 Å². The summed E-state index contributed by atoms with van der Waals surface area (Å²) in [5.41, 5.74) is 3.01. The zero-order valence-corrected chi connectivity index (χ0v) is 20.0. The van der Waals surface area contributed by atoms with Crippen molar-refractivity contribution < 1.29 is 14.0 Å². The number of aromatic nitrogens is 4. The summed E-state index contributed by atoms with van der Waals surface area (Å²) < 4.78 is 15.7. The molecule has 174 valence electrons. The summed E-state index contributed by atoms with van der Waals surface area (Å²) in [6.45, 7) is 1.95. The molecule has 0 saturated carbocycles. The van der Waals surface area contributed by atoms with E-state index in [1.807, 2.05) is 29.6 Å². The first-order chi connectivity index (χ1) is 16.4. The average Bonchev–Trinajstić information content (AvgIpc) is 3.43. The van der Waals surface area contributed by atoms with Crippen molar-refractivity contribution >= 4 is 40.0 Å². The van der Waals surface area contributed by atoms with Gasteiger partial charge in [0.1, 0.15) is 5.82 Å². The van der Waals surface area contributed by atoms with Crippen LogP contribution in [-0.4, -0.2) is 37.3 Å². The van der Waals surface area contributed by atoms with Gasteiger partial charge < -0.3 is 15.2 Å². The summed E-state index contributed by atoms with van der Waals surface area (Å²) in [5, 5.41) is 16.6. The number of thioether (sulfide) groups is 1. The lowest BCUT2D eigenvalue weighted by atomic mass is 10.1. The first-order valence-electron chi connectivity index (χ1n) is 10.3. The van der Waals surface area contributed by atoms with E-state index in [1.54, 1.807) is 29.8 Å². The Morgan fingerprint density at radius 1 is 1.12 bits per heavy atom. The van der Waals surface area contributed by atoms with Crippen molar-refractivity contribution in [1.82, 2.24) is 25.1 Å². The Balaban J connectivity index is 1.33. The van der Waals surface area contributed by atoms with Crippen LogP contribution in [0.3, 0.4) is 0 Å². The highest BCUT2D eigenvalue weighted by atomic mass is 32.2. The number of amides is 2. The molecule has 0 atom stereocenters. The lowest BCUT2D eigenvalue weighted by molar-refractivity contribution is -0.119. The molecule has 4 rings (SSSR count). The number of nitrogens with one attached hydrogen (secondary N) is 2. The van der Waals surface area contributed by atoms with E-state index in [0.717, 1.165) is 16.8 Å². The van der Waals surface area contributed by atoms with Gasteiger partial charge in [0.15, 0.2) is 16.1 Å². The smallest absolute Gasteiger partial charge is 0.236 e. The van der Waals surface area contributed by atoms with E-state index in [1.165, 1.54) is 36.1 Å².